The lowest BCUT2D eigenvalue weighted by Crippen LogP contribution is -2.46. The van der Waals surface area contributed by atoms with Crippen molar-refractivity contribution < 1.29 is 14.7 Å². The highest BCUT2D eigenvalue weighted by Gasteiger charge is 2.42. The fourth-order valence-electron chi connectivity index (χ4n) is 4.76. The third kappa shape index (κ3) is 4.37. The molecule has 2 amide bonds. The standard InChI is InChI=1S/C20H33N5O3/c1-13(9-14-7-5-4-6-8-14)19(27)24-12-15(10-16(24)18(21)26)25-17(11-22-23-25)20(2,3)28/h11,13-16,28H,4-10,12H2,1-3H3,(H2,21,26)/t13-,15+,16+/m1/s1. The molecule has 3 N–H and O–H groups in total. The Morgan fingerprint density at radius 3 is 2.61 bits per heavy atom. The molecule has 1 aromatic rings. The summed E-state index contributed by atoms with van der Waals surface area (Å²) in [4.78, 5) is 26.8. The fourth-order valence-corrected chi connectivity index (χ4v) is 4.76. The normalized spacial score (nSPS) is 25.1. The van der Waals surface area contributed by atoms with E-state index < -0.39 is 17.6 Å². The molecule has 1 aliphatic heterocycles. The van der Waals surface area contributed by atoms with E-state index in [-0.39, 0.29) is 17.9 Å². The van der Waals surface area contributed by atoms with Crippen LogP contribution in [0.3, 0.4) is 0 Å². The topological polar surface area (TPSA) is 114 Å². The average Bonchev–Trinajstić information content (AvgIpc) is 3.28. The van der Waals surface area contributed by atoms with Gasteiger partial charge in [-0.25, -0.2) is 4.68 Å². The number of aliphatic hydroxyl groups is 1. The van der Waals surface area contributed by atoms with Gasteiger partial charge in [0.05, 0.1) is 17.9 Å². The number of hydrogen-bond donors (Lipinski definition) is 2. The van der Waals surface area contributed by atoms with Crippen molar-refractivity contribution in [3.63, 3.8) is 0 Å². The van der Waals surface area contributed by atoms with Gasteiger partial charge in [0, 0.05) is 18.9 Å². The average molecular weight is 392 g/mol. The summed E-state index contributed by atoms with van der Waals surface area (Å²) in [6.07, 6.45) is 8.93. The first-order valence-electron chi connectivity index (χ1n) is 10.4. The van der Waals surface area contributed by atoms with Crippen LogP contribution < -0.4 is 5.73 Å². The molecule has 8 heteroatoms. The molecule has 0 bridgehead atoms. The molecule has 156 valence electrons. The molecule has 0 radical (unpaired) electrons. The van der Waals surface area contributed by atoms with E-state index in [1.54, 1.807) is 23.4 Å². The second kappa shape index (κ2) is 8.19. The summed E-state index contributed by atoms with van der Waals surface area (Å²) >= 11 is 0. The van der Waals surface area contributed by atoms with Gasteiger partial charge in [-0.05, 0) is 26.2 Å². The van der Waals surface area contributed by atoms with E-state index in [1.807, 2.05) is 6.92 Å². The van der Waals surface area contributed by atoms with Gasteiger partial charge in [-0.1, -0.05) is 44.2 Å². The van der Waals surface area contributed by atoms with E-state index in [1.165, 1.54) is 38.3 Å². The molecule has 1 saturated heterocycles. The monoisotopic (exact) mass is 391 g/mol. The Balaban J connectivity index is 1.74. The Hall–Kier alpha value is -1.96. The van der Waals surface area contributed by atoms with Crippen LogP contribution in [-0.4, -0.2) is 49.4 Å². The minimum absolute atomic E-state index is 0.0122. The summed E-state index contributed by atoms with van der Waals surface area (Å²) in [5.74, 6) is -0.0455. The molecule has 2 fully saturated rings. The van der Waals surface area contributed by atoms with Gasteiger partial charge in [-0.15, -0.1) is 5.10 Å². The van der Waals surface area contributed by atoms with Crippen molar-refractivity contribution in [2.24, 2.45) is 17.6 Å². The Kier molecular flexibility index (Phi) is 6.07. The number of nitrogens with two attached hydrogens (primary N) is 1. The zero-order valence-corrected chi connectivity index (χ0v) is 17.2. The summed E-state index contributed by atoms with van der Waals surface area (Å²) < 4.78 is 1.63. The molecule has 0 unspecified atom stereocenters. The third-order valence-electron chi connectivity index (χ3n) is 6.27. The van der Waals surface area contributed by atoms with Gasteiger partial charge in [-0.3, -0.25) is 9.59 Å². The maximum atomic E-state index is 13.2. The zero-order chi connectivity index (χ0) is 20.5. The number of likely N-dealkylation sites (tertiary alicyclic amines) is 1. The summed E-state index contributed by atoms with van der Waals surface area (Å²) in [5, 5.41) is 18.4. The van der Waals surface area contributed by atoms with E-state index in [0.717, 1.165) is 6.42 Å². The van der Waals surface area contributed by atoms with Crippen LogP contribution in [0.1, 0.15) is 77.5 Å². The van der Waals surface area contributed by atoms with Crippen LogP contribution in [-0.2, 0) is 15.2 Å². The van der Waals surface area contributed by atoms with E-state index in [0.29, 0.717) is 24.6 Å². The largest absolute Gasteiger partial charge is 0.384 e. The van der Waals surface area contributed by atoms with Crippen LogP contribution in [0.5, 0.6) is 0 Å². The molecular formula is C20H33N5O3. The highest BCUT2D eigenvalue weighted by atomic mass is 16.3. The van der Waals surface area contributed by atoms with Crippen LogP contribution in [0.2, 0.25) is 0 Å². The maximum Gasteiger partial charge on any atom is 0.240 e. The summed E-state index contributed by atoms with van der Waals surface area (Å²) in [6, 6.07) is -0.877. The Labute approximate surface area is 166 Å². The number of amides is 2. The summed E-state index contributed by atoms with van der Waals surface area (Å²) in [5.41, 5.74) is 5.07. The minimum Gasteiger partial charge on any atom is -0.384 e. The smallest absolute Gasteiger partial charge is 0.240 e. The van der Waals surface area contributed by atoms with Crippen LogP contribution >= 0.6 is 0 Å². The molecule has 28 heavy (non-hydrogen) atoms. The van der Waals surface area contributed by atoms with E-state index in [9.17, 15) is 14.7 Å². The highest BCUT2D eigenvalue weighted by Crippen LogP contribution is 2.34. The Morgan fingerprint density at radius 2 is 2.00 bits per heavy atom. The number of rotatable bonds is 6. The number of hydrogen-bond acceptors (Lipinski definition) is 5. The molecule has 3 rings (SSSR count). The number of carbonyl (C=O) groups is 2. The summed E-state index contributed by atoms with van der Waals surface area (Å²) in [6.45, 7) is 5.64. The second-order valence-corrected chi connectivity index (χ2v) is 9.06. The quantitative estimate of drug-likeness (QED) is 0.766. The van der Waals surface area contributed by atoms with Crippen molar-refractivity contribution in [1.82, 2.24) is 19.9 Å². The third-order valence-corrected chi connectivity index (χ3v) is 6.27. The number of aromatic nitrogens is 3. The van der Waals surface area contributed by atoms with Crippen molar-refractivity contribution in [3.05, 3.63) is 11.9 Å². The van der Waals surface area contributed by atoms with Gasteiger partial charge in [-0.2, -0.15) is 0 Å². The van der Waals surface area contributed by atoms with E-state index >= 15 is 0 Å². The lowest BCUT2D eigenvalue weighted by molar-refractivity contribution is -0.140. The van der Waals surface area contributed by atoms with E-state index in [2.05, 4.69) is 10.3 Å². The van der Waals surface area contributed by atoms with Gasteiger partial charge in [0.1, 0.15) is 11.6 Å². The maximum absolute atomic E-state index is 13.2. The molecule has 0 spiro atoms. The van der Waals surface area contributed by atoms with Gasteiger partial charge in [0.15, 0.2) is 0 Å². The number of primary amides is 1. The number of carbonyl (C=O) groups excluding carboxylic acids is 2. The first kappa shape index (κ1) is 20.8. The molecule has 0 aromatic carbocycles. The predicted octanol–water partition coefficient (Wildman–Crippen LogP) is 1.74. The molecule has 2 aliphatic rings. The van der Waals surface area contributed by atoms with Crippen LogP contribution in [0.15, 0.2) is 6.20 Å². The van der Waals surface area contributed by atoms with Crippen LogP contribution in [0.25, 0.3) is 0 Å². The summed E-state index contributed by atoms with van der Waals surface area (Å²) in [7, 11) is 0. The van der Waals surface area contributed by atoms with Gasteiger partial charge >= 0.3 is 0 Å². The lowest BCUT2D eigenvalue weighted by atomic mass is 9.83. The second-order valence-electron chi connectivity index (χ2n) is 9.06. The fraction of sp³-hybridized carbons (Fsp3) is 0.800. The van der Waals surface area contributed by atoms with Gasteiger partial charge in [0.25, 0.3) is 0 Å². The zero-order valence-electron chi connectivity index (χ0n) is 17.2. The molecule has 8 nitrogen and oxygen atoms in total. The Bertz CT molecular complexity index is 705. The SMILES string of the molecule is C[C@H](CC1CCCCC1)C(=O)N1C[C@@H](n2nncc2C(C)(C)O)C[C@H]1C(N)=O. The van der Waals surface area contributed by atoms with Gasteiger partial charge in [0.2, 0.25) is 11.8 Å². The van der Waals surface area contributed by atoms with E-state index in [4.69, 9.17) is 5.73 Å². The molecule has 3 atom stereocenters. The molecule has 1 aromatic heterocycles. The highest BCUT2D eigenvalue weighted by molar-refractivity contribution is 5.88. The minimum atomic E-state index is -1.11. The molecule has 1 aliphatic carbocycles. The lowest BCUT2D eigenvalue weighted by Gasteiger charge is -2.29. The molecule has 2 heterocycles. The molecule has 1 saturated carbocycles. The Morgan fingerprint density at radius 1 is 1.32 bits per heavy atom. The van der Waals surface area contributed by atoms with Gasteiger partial charge < -0.3 is 15.7 Å². The predicted molar refractivity (Wildman–Crippen MR) is 104 cm³/mol. The van der Waals surface area contributed by atoms with Crippen molar-refractivity contribution in [3.8, 4) is 0 Å². The van der Waals surface area contributed by atoms with Crippen molar-refractivity contribution in [1.29, 1.82) is 0 Å². The van der Waals surface area contributed by atoms with Crippen molar-refractivity contribution >= 4 is 11.8 Å². The van der Waals surface area contributed by atoms with Crippen molar-refractivity contribution in [2.75, 3.05) is 6.54 Å². The first-order chi connectivity index (χ1) is 13.2. The molecular weight excluding hydrogens is 358 g/mol. The van der Waals surface area contributed by atoms with Crippen molar-refractivity contribution in [2.45, 2.75) is 83.4 Å². The first-order valence-corrected chi connectivity index (χ1v) is 10.4. The van der Waals surface area contributed by atoms with Crippen LogP contribution in [0, 0.1) is 11.8 Å². The number of nitrogens with zero attached hydrogens (tertiary/aromatic N) is 4. The van der Waals surface area contributed by atoms with Crippen LogP contribution in [0.4, 0.5) is 0 Å².